The molecule has 2 heterocycles. The second kappa shape index (κ2) is 6.21. The van der Waals surface area contributed by atoms with Gasteiger partial charge in [0.1, 0.15) is 12.2 Å². The molecule has 24 heavy (non-hydrogen) atoms. The topological polar surface area (TPSA) is 63.9 Å². The first-order valence-electron chi connectivity index (χ1n) is 7.53. The number of carbonyl (C=O) groups excluding carboxylic acids is 1. The average Bonchev–Trinajstić information content (AvgIpc) is 2.97. The van der Waals surface area contributed by atoms with E-state index in [1.807, 2.05) is 6.07 Å². The number of hydrogen-bond acceptors (Lipinski definition) is 4. The minimum Gasteiger partial charge on any atom is -0.320 e. The third kappa shape index (κ3) is 3.24. The van der Waals surface area contributed by atoms with Crippen molar-refractivity contribution in [2.75, 3.05) is 6.54 Å². The van der Waals surface area contributed by atoms with Crippen LogP contribution < -0.4 is 0 Å². The van der Waals surface area contributed by atoms with Crippen LogP contribution in [0.5, 0.6) is 0 Å². The van der Waals surface area contributed by atoms with Gasteiger partial charge >= 0.3 is 6.18 Å². The monoisotopic (exact) mass is 339 g/mol. The van der Waals surface area contributed by atoms with Crippen LogP contribution in [0.15, 0.2) is 24.5 Å². The smallest absolute Gasteiger partial charge is 0.320 e. The summed E-state index contributed by atoms with van der Waals surface area (Å²) in [4.78, 5) is 17.8. The Bertz CT molecular complexity index is 743. The number of amides is 1. The molecule has 9 heteroatoms. The highest BCUT2D eigenvalue weighted by Crippen LogP contribution is 2.35. The summed E-state index contributed by atoms with van der Waals surface area (Å²) in [5, 5.41) is 7.21. The number of nitrogens with zero attached hydrogens (tertiary/aromatic N) is 5. The second-order valence-corrected chi connectivity index (χ2v) is 5.75. The Morgan fingerprint density at radius 2 is 2.25 bits per heavy atom. The van der Waals surface area contributed by atoms with Crippen molar-refractivity contribution in [2.24, 2.45) is 7.05 Å². The number of halogens is 3. The van der Waals surface area contributed by atoms with Crippen molar-refractivity contribution in [3.05, 3.63) is 41.5 Å². The van der Waals surface area contributed by atoms with Gasteiger partial charge in [0, 0.05) is 13.2 Å². The zero-order chi connectivity index (χ0) is 17.3. The van der Waals surface area contributed by atoms with Crippen molar-refractivity contribution in [3.8, 4) is 0 Å². The van der Waals surface area contributed by atoms with Crippen molar-refractivity contribution in [3.63, 3.8) is 0 Å². The molecule has 6 nitrogen and oxygen atoms in total. The third-order valence-corrected chi connectivity index (χ3v) is 4.09. The largest absolute Gasteiger partial charge is 0.406 e. The van der Waals surface area contributed by atoms with E-state index in [2.05, 4.69) is 15.3 Å². The molecule has 1 aliphatic rings. The molecule has 0 fully saturated rings. The molecule has 0 saturated carbocycles. The van der Waals surface area contributed by atoms with Crippen molar-refractivity contribution in [2.45, 2.75) is 31.5 Å². The lowest BCUT2D eigenvalue weighted by atomic mass is 9.90. The lowest BCUT2D eigenvalue weighted by Gasteiger charge is -2.35. The van der Waals surface area contributed by atoms with Crippen LogP contribution in [0.3, 0.4) is 0 Å². The highest BCUT2D eigenvalue weighted by atomic mass is 19.4. The first kappa shape index (κ1) is 16.4. The molecular formula is C15H16F3N5O. The van der Waals surface area contributed by atoms with Gasteiger partial charge in [0.15, 0.2) is 0 Å². The van der Waals surface area contributed by atoms with E-state index in [0.717, 1.165) is 16.9 Å². The van der Waals surface area contributed by atoms with Crippen molar-refractivity contribution in [1.29, 1.82) is 0 Å². The van der Waals surface area contributed by atoms with E-state index in [9.17, 15) is 18.0 Å². The molecule has 0 N–H and O–H groups in total. The second-order valence-electron chi connectivity index (χ2n) is 5.75. The Balaban J connectivity index is 2.00. The highest BCUT2D eigenvalue weighted by Gasteiger charge is 2.40. The Labute approximate surface area is 136 Å². The number of fused-ring (bicyclic) bond motifs is 1. The standard InChI is InChI=1S/C15H16F3N5O/c1-22-12(8-20-21-22)14(24)23(9-15(16,17)18)11-6-2-4-10-5-3-7-19-13(10)11/h3,5,7-8,11H,2,4,6,9H2,1H3/t11-/m0/s1. The van der Waals surface area contributed by atoms with E-state index in [4.69, 9.17) is 0 Å². The van der Waals surface area contributed by atoms with Gasteiger partial charge < -0.3 is 4.90 Å². The van der Waals surface area contributed by atoms with Crippen molar-refractivity contribution < 1.29 is 18.0 Å². The lowest BCUT2D eigenvalue weighted by molar-refractivity contribution is -0.145. The Kier molecular flexibility index (Phi) is 4.25. The number of aryl methyl sites for hydroxylation is 2. The van der Waals surface area contributed by atoms with Crippen LogP contribution in [-0.2, 0) is 13.5 Å². The summed E-state index contributed by atoms with van der Waals surface area (Å²) in [6, 6.07) is 2.89. The predicted octanol–water partition coefficient (Wildman–Crippen LogP) is 2.29. The Morgan fingerprint density at radius 1 is 1.46 bits per heavy atom. The van der Waals surface area contributed by atoms with Gasteiger partial charge in [0.25, 0.3) is 5.91 Å². The van der Waals surface area contributed by atoms with Crippen LogP contribution in [0.4, 0.5) is 13.2 Å². The van der Waals surface area contributed by atoms with Gasteiger partial charge in [0.05, 0.1) is 17.9 Å². The van der Waals surface area contributed by atoms with Gasteiger partial charge in [-0.3, -0.25) is 9.78 Å². The molecule has 2 aromatic heterocycles. The summed E-state index contributed by atoms with van der Waals surface area (Å²) in [7, 11) is 1.47. The van der Waals surface area contributed by atoms with Gasteiger partial charge in [-0.15, -0.1) is 5.10 Å². The van der Waals surface area contributed by atoms with E-state index in [1.54, 1.807) is 12.3 Å². The van der Waals surface area contributed by atoms with E-state index in [-0.39, 0.29) is 5.69 Å². The summed E-state index contributed by atoms with van der Waals surface area (Å²) in [6.07, 6.45) is 0.105. The number of aromatic nitrogens is 4. The van der Waals surface area contributed by atoms with Crippen LogP contribution in [0.2, 0.25) is 0 Å². The zero-order valence-electron chi connectivity index (χ0n) is 13.0. The molecule has 128 valence electrons. The summed E-state index contributed by atoms with van der Waals surface area (Å²) >= 11 is 0. The van der Waals surface area contributed by atoms with Crippen molar-refractivity contribution in [1.82, 2.24) is 24.9 Å². The summed E-state index contributed by atoms with van der Waals surface area (Å²) in [5.74, 6) is -0.747. The molecule has 2 aromatic rings. The maximum atomic E-state index is 13.1. The summed E-state index contributed by atoms with van der Waals surface area (Å²) in [6.45, 7) is -1.34. The van der Waals surface area contributed by atoms with Gasteiger partial charge in [-0.25, -0.2) is 4.68 Å². The van der Waals surface area contributed by atoms with E-state index in [0.29, 0.717) is 18.5 Å². The summed E-state index contributed by atoms with van der Waals surface area (Å²) in [5.41, 5.74) is 1.44. The molecule has 0 aliphatic heterocycles. The Hall–Kier alpha value is -2.45. The van der Waals surface area contributed by atoms with Crippen LogP contribution >= 0.6 is 0 Å². The fraction of sp³-hybridized carbons (Fsp3) is 0.467. The number of hydrogen-bond donors (Lipinski definition) is 0. The zero-order valence-corrected chi connectivity index (χ0v) is 13.0. The normalized spacial score (nSPS) is 17.4. The SMILES string of the molecule is Cn1nncc1C(=O)N(CC(F)(F)F)[C@H]1CCCc2cccnc21. The molecule has 3 rings (SSSR count). The van der Waals surface area contributed by atoms with Gasteiger partial charge in [-0.05, 0) is 30.9 Å². The van der Waals surface area contributed by atoms with E-state index >= 15 is 0 Å². The minimum absolute atomic E-state index is 0.0160. The fourth-order valence-corrected chi connectivity index (χ4v) is 3.04. The molecule has 1 aliphatic carbocycles. The summed E-state index contributed by atoms with van der Waals surface area (Å²) < 4.78 is 40.4. The van der Waals surface area contributed by atoms with Gasteiger partial charge in [-0.2, -0.15) is 13.2 Å². The van der Waals surface area contributed by atoms with Crippen LogP contribution in [0, 0.1) is 0 Å². The van der Waals surface area contributed by atoms with Crippen LogP contribution in [-0.4, -0.2) is 43.5 Å². The molecule has 0 radical (unpaired) electrons. The fourth-order valence-electron chi connectivity index (χ4n) is 3.04. The molecule has 1 amide bonds. The lowest BCUT2D eigenvalue weighted by Crippen LogP contribution is -2.43. The maximum Gasteiger partial charge on any atom is 0.406 e. The molecular weight excluding hydrogens is 323 g/mol. The van der Waals surface area contributed by atoms with Crippen LogP contribution in [0.25, 0.3) is 0 Å². The molecule has 1 atom stereocenters. The maximum absolute atomic E-state index is 13.1. The van der Waals surface area contributed by atoms with Crippen LogP contribution in [0.1, 0.15) is 40.6 Å². The minimum atomic E-state index is -4.51. The molecule has 0 saturated heterocycles. The third-order valence-electron chi connectivity index (χ3n) is 4.09. The number of carbonyl (C=O) groups is 1. The molecule has 0 aromatic carbocycles. The Morgan fingerprint density at radius 3 is 2.92 bits per heavy atom. The average molecular weight is 339 g/mol. The van der Waals surface area contributed by atoms with Gasteiger partial charge in [-0.1, -0.05) is 11.3 Å². The predicted molar refractivity (Wildman–Crippen MR) is 78.0 cm³/mol. The highest BCUT2D eigenvalue weighted by molar-refractivity contribution is 5.92. The number of rotatable bonds is 3. The van der Waals surface area contributed by atoms with Gasteiger partial charge in [0.2, 0.25) is 0 Å². The molecule has 0 unspecified atom stereocenters. The van der Waals surface area contributed by atoms with E-state index in [1.165, 1.54) is 17.9 Å². The number of pyridine rings is 1. The quantitative estimate of drug-likeness (QED) is 0.861. The number of alkyl halides is 3. The van der Waals surface area contributed by atoms with Crippen molar-refractivity contribution >= 4 is 5.91 Å². The first-order chi connectivity index (χ1) is 11.4. The first-order valence-corrected chi connectivity index (χ1v) is 7.53. The van der Waals surface area contributed by atoms with E-state index < -0.39 is 24.7 Å². The molecule has 0 spiro atoms. The molecule has 0 bridgehead atoms.